The van der Waals surface area contributed by atoms with Crippen molar-refractivity contribution in [2.75, 3.05) is 5.75 Å². The van der Waals surface area contributed by atoms with Crippen molar-refractivity contribution in [3.8, 4) is 5.69 Å². The molecular formula is C19H14ClF3N2O2S. The number of halogens is 4. The van der Waals surface area contributed by atoms with Crippen LogP contribution in [0.2, 0.25) is 5.02 Å². The standard InChI is InChI=1S/C19H14ClF3N2O2S/c20-14-6-4-5-13(11-14)17(26)27-16(19(21,22)23)12-28-18-24-9-10-25(18)15-7-2-1-3-8-15/h1-11,16H,12H2. The first-order valence-corrected chi connectivity index (χ1v) is 9.46. The lowest BCUT2D eigenvalue weighted by Crippen LogP contribution is -2.36. The number of alkyl halides is 3. The van der Waals surface area contributed by atoms with Crippen LogP contribution < -0.4 is 0 Å². The molecule has 28 heavy (non-hydrogen) atoms. The molecule has 3 aromatic rings. The Balaban J connectivity index is 1.73. The van der Waals surface area contributed by atoms with E-state index in [0.717, 1.165) is 17.4 Å². The van der Waals surface area contributed by atoms with Gasteiger partial charge in [0, 0.05) is 28.9 Å². The number of nitrogens with zero attached hydrogens (tertiary/aromatic N) is 2. The summed E-state index contributed by atoms with van der Waals surface area (Å²) >= 11 is 6.63. The minimum absolute atomic E-state index is 0.0439. The number of imidazole rings is 1. The van der Waals surface area contributed by atoms with Crippen molar-refractivity contribution in [2.24, 2.45) is 0 Å². The molecule has 0 aliphatic rings. The lowest BCUT2D eigenvalue weighted by molar-refractivity contribution is -0.196. The molecule has 4 nitrogen and oxygen atoms in total. The number of carbonyl (C=O) groups is 1. The van der Waals surface area contributed by atoms with Crippen molar-refractivity contribution in [1.29, 1.82) is 0 Å². The molecule has 146 valence electrons. The van der Waals surface area contributed by atoms with E-state index in [1.807, 2.05) is 30.3 Å². The molecule has 0 spiro atoms. The van der Waals surface area contributed by atoms with E-state index in [4.69, 9.17) is 16.3 Å². The Morgan fingerprint density at radius 3 is 2.61 bits per heavy atom. The van der Waals surface area contributed by atoms with Crippen molar-refractivity contribution in [2.45, 2.75) is 17.4 Å². The first kappa shape index (κ1) is 20.3. The number of para-hydroxylation sites is 1. The molecule has 0 fully saturated rings. The monoisotopic (exact) mass is 426 g/mol. The molecule has 1 heterocycles. The van der Waals surface area contributed by atoms with Gasteiger partial charge in [0.1, 0.15) is 0 Å². The topological polar surface area (TPSA) is 44.1 Å². The molecule has 1 atom stereocenters. The van der Waals surface area contributed by atoms with Gasteiger partial charge in [-0.05, 0) is 30.3 Å². The molecule has 1 unspecified atom stereocenters. The molecule has 9 heteroatoms. The Kier molecular flexibility index (Phi) is 6.31. The molecule has 0 N–H and O–H groups in total. The van der Waals surface area contributed by atoms with Crippen LogP contribution in [0.3, 0.4) is 0 Å². The Morgan fingerprint density at radius 2 is 1.93 bits per heavy atom. The summed E-state index contributed by atoms with van der Waals surface area (Å²) in [6.45, 7) is 0. The zero-order valence-corrected chi connectivity index (χ0v) is 15.8. The third-order valence-electron chi connectivity index (χ3n) is 3.68. The lowest BCUT2D eigenvalue weighted by Gasteiger charge is -2.20. The van der Waals surface area contributed by atoms with Crippen molar-refractivity contribution in [3.63, 3.8) is 0 Å². The van der Waals surface area contributed by atoms with E-state index in [1.54, 1.807) is 10.8 Å². The Bertz CT molecular complexity index is 948. The second-order valence-corrected chi connectivity index (χ2v) is 7.10. The van der Waals surface area contributed by atoms with Crippen LogP contribution in [0, 0.1) is 0 Å². The highest BCUT2D eigenvalue weighted by Gasteiger charge is 2.43. The number of hydrogen-bond acceptors (Lipinski definition) is 4. The lowest BCUT2D eigenvalue weighted by atomic mass is 10.2. The number of esters is 1. The summed E-state index contributed by atoms with van der Waals surface area (Å²) in [6, 6.07) is 14.7. The highest BCUT2D eigenvalue weighted by Crippen LogP contribution is 2.30. The molecule has 2 aromatic carbocycles. The minimum atomic E-state index is -4.72. The van der Waals surface area contributed by atoms with Crippen molar-refractivity contribution in [3.05, 3.63) is 77.6 Å². The van der Waals surface area contributed by atoms with E-state index in [2.05, 4.69) is 4.98 Å². The normalized spacial score (nSPS) is 12.6. The summed E-state index contributed by atoms with van der Waals surface area (Å²) in [5.74, 6) is -1.61. The number of ether oxygens (including phenoxy) is 1. The van der Waals surface area contributed by atoms with Crippen LogP contribution in [-0.2, 0) is 4.74 Å². The molecule has 0 bridgehead atoms. The van der Waals surface area contributed by atoms with E-state index in [1.165, 1.54) is 30.5 Å². The highest BCUT2D eigenvalue weighted by molar-refractivity contribution is 7.99. The predicted octanol–water partition coefficient (Wildman–Crippen LogP) is 5.41. The van der Waals surface area contributed by atoms with E-state index in [0.29, 0.717) is 5.16 Å². The quantitative estimate of drug-likeness (QED) is 0.390. The molecular weight excluding hydrogens is 413 g/mol. The number of rotatable bonds is 6. The van der Waals surface area contributed by atoms with Crippen LogP contribution in [0.4, 0.5) is 13.2 Å². The molecule has 1 aromatic heterocycles. The molecule has 3 rings (SSSR count). The van der Waals surface area contributed by atoms with Gasteiger partial charge in [0.05, 0.1) is 5.56 Å². The Labute approximate surface area is 168 Å². The number of hydrogen-bond donors (Lipinski definition) is 0. The van der Waals surface area contributed by atoms with Crippen LogP contribution >= 0.6 is 23.4 Å². The van der Waals surface area contributed by atoms with Crippen LogP contribution in [0.1, 0.15) is 10.4 Å². The largest absolute Gasteiger partial charge is 0.448 e. The predicted molar refractivity (Wildman–Crippen MR) is 101 cm³/mol. The average molecular weight is 427 g/mol. The summed E-state index contributed by atoms with van der Waals surface area (Å²) in [7, 11) is 0. The molecule has 0 radical (unpaired) electrons. The van der Waals surface area contributed by atoms with Gasteiger partial charge in [-0.2, -0.15) is 13.2 Å². The van der Waals surface area contributed by atoms with Gasteiger partial charge in [0.25, 0.3) is 0 Å². The van der Waals surface area contributed by atoms with Gasteiger partial charge in [-0.3, -0.25) is 4.57 Å². The fourth-order valence-corrected chi connectivity index (χ4v) is 3.53. The van der Waals surface area contributed by atoms with Crippen molar-refractivity contribution in [1.82, 2.24) is 9.55 Å². The first-order valence-electron chi connectivity index (χ1n) is 8.09. The zero-order chi connectivity index (χ0) is 20.1. The van der Waals surface area contributed by atoms with Gasteiger partial charge >= 0.3 is 12.1 Å². The van der Waals surface area contributed by atoms with Gasteiger partial charge in [-0.25, -0.2) is 9.78 Å². The van der Waals surface area contributed by atoms with Gasteiger partial charge in [0.2, 0.25) is 6.10 Å². The number of carbonyl (C=O) groups excluding carboxylic acids is 1. The highest BCUT2D eigenvalue weighted by atomic mass is 35.5. The third-order valence-corrected chi connectivity index (χ3v) is 4.94. The fraction of sp³-hybridized carbons (Fsp3) is 0.158. The smallest absolute Gasteiger partial charge is 0.426 e. The fourth-order valence-electron chi connectivity index (χ4n) is 2.34. The molecule has 0 saturated heterocycles. The SMILES string of the molecule is O=C(OC(CSc1nccn1-c1ccccc1)C(F)(F)F)c1cccc(Cl)c1. The molecule has 0 aliphatic carbocycles. The van der Waals surface area contributed by atoms with Crippen LogP contribution in [0.15, 0.2) is 72.1 Å². The average Bonchev–Trinajstić information content (AvgIpc) is 3.13. The van der Waals surface area contributed by atoms with Gasteiger partial charge in [0.15, 0.2) is 5.16 Å². The summed E-state index contributed by atoms with van der Waals surface area (Å²) in [4.78, 5) is 16.2. The summed E-state index contributed by atoms with van der Waals surface area (Å²) in [6.07, 6.45) is -3.86. The van der Waals surface area contributed by atoms with Crippen molar-refractivity contribution < 1.29 is 22.7 Å². The van der Waals surface area contributed by atoms with Gasteiger partial charge in [-0.1, -0.05) is 47.6 Å². The zero-order valence-electron chi connectivity index (χ0n) is 14.3. The Hall–Kier alpha value is -2.45. The van der Waals surface area contributed by atoms with E-state index >= 15 is 0 Å². The summed E-state index contributed by atoms with van der Waals surface area (Å²) in [5, 5.41) is 0.594. The molecule has 0 saturated carbocycles. The van der Waals surface area contributed by atoms with E-state index in [-0.39, 0.29) is 10.6 Å². The van der Waals surface area contributed by atoms with Crippen LogP contribution in [-0.4, -0.2) is 33.6 Å². The first-order chi connectivity index (χ1) is 13.3. The maximum absolute atomic E-state index is 13.4. The van der Waals surface area contributed by atoms with E-state index < -0.39 is 24.0 Å². The molecule has 0 amide bonds. The number of benzene rings is 2. The second-order valence-electron chi connectivity index (χ2n) is 5.67. The number of thioether (sulfide) groups is 1. The summed E-state index contributed by atoms with van der Waals surface area (Å²) in [5.41, 5.74) is 0.722. The van der Waals surface area contributed by atoms with E-state index in [9.17, 15) is 18.0 Å². The second kappa shape index (κ2) is 8.70. The van der Waals surface area contributed by atoms with Gasteiger partial charge in [-0.15, -0.1) is 0 Å². The number of aromatic nitrogens is 2. The summed E-state index contributed by atoms with van der Waals surface area (Å²) < 4.78 is 46.5. The van der Waals surface area contributed by atoms with Crippen LogP contribution in [0.5, 0.6) is 0 Å². The maximum atomic E-state index is 13.4. The van der Waals surface area contributed by atoms with Crippen molar-refractivity contribution >= 4 is 29.3 Å². The Morgan fingerprint density at radius 1 is 1.18 bits per heavy atom. The van der Waals surface area contributed by atoms with Crippen LogP contribution in [0.25, 0.3) is 5.69 Å². The van der Waals surface area contributed by atoms with Gasteiger partial charge < -0.3 is 4.74 Å². The third kappa shape index (κ3) is 5.08. The minimum Gasteiger partial charge on any atom is -0.448 e. The maximum Gasteiger partial charge on any atom is 0.426 e. The molecule has 0 aliphatic heterocycles.